The fraction of sp³-hybridized carbons (Fsp3) is 0.185. The topological polar surface area (TPSA) is 90.0 Å². The summed E-state index contributed by atoms with van der Waals surface area (Å²) in [4.78, 5) is 52.4. The maximum Gasteiger partial charge on any atom is 0.311 e. The number of methoxy groups -OCH3 is 1. The van der Waals surface area contributed by atoms with Gasteiger partial charge in [-0.3, -0.25) is 19.2 Å². The highest BCUT2D eigenvalue weighted by Crippen LogP contribution is 2.32. The van der Waals surface area contributed by atoms with Crippen molar-refractivity contribution in [3.63, 3.8) is 0 Å². The average Bonchev–Trinajstić information content (AvgIpc) is 3.28. The van der Waals surface area contributed by atoms with Crippen molar-refractivity contribution in [2.45, 2.75) is 6.42 Å². The molecule has 178 valence electrons. The number of halogens is 1. The molecule has 4 rings (SSSR count). The third-order valence-electron chi connectivity index (χ3n) is 5.73. The first-order valence-electron chi connectivity index (χ1n) is 10.9. The van der Waals surface area contributed by atoms with Crippen LogP contribution in [0.25, 0.3) is 0 Å². The fourth-order valence-electron chi connectivity index (χ4n) is 3.90. The zero-order valence-electron chi connectivity index (χ0n) is 18.9. The lowest BCUT2D eigenvalue weighted by atomic mass is 10.0. The van der Waals surface area contributed by atoms with Gasteiger partial charge in [-0.05, 0) is 30.3 Å². The van der Waals surface area contributed by atoms with E-state index in [1.165, 1.54) is 18.1 Å². The predicted molar refractivity (Wildman–Crippen MR) is 130 cm³/mol. The number of carbonyl (C=O) groups excluding carboxylic acids is 4. The summed E-state index contributed by atoms with van der Waals surface area (Å²) >= 11 is 6.14. The van der Waals surface area contributed by atoms with Crippen molar-refractivity contribution in [3.8, 4) is 5.75 Å². The maximum atomic E-state index is 13.1. The van der Waals surface area contributed by atoms with E-state index in [9.17, 15) is 19.2 Å². The van der Waals surface area contributed by atoms with Gasteiger partial charge in [-0.15, -0.1) is 0 Å². The second kappa shape index (κ2) is 10.5. The number of Topliss-reactive ketones (excluding diaryl/α,β-unsaturated/α-hetero) is 1. The van der Waals surface area contributed by atoms with Crippen LogP contribution in [0, 0.1) is 5.92 Å². The molecule has 0 aromatic heterocycles. The van der Waals surface area contributed by atoms with Crippen molar-refractivity contribution >= 4 is 40.7 Å². The van der Waals surface area contributed by atoms with Crippen LogP contribution in [0.1, 0.15) is 32.7 Å². The van der Waals surface area contributed by atoms with E-state index in [4.69, 9.17) is 21.1 Å². The van der Waals surface area contributed by atoms with Gasteiger partial charge >= 0.3 is 5.97 Å². The monoisotopic (exact) mass is 491 g/mol. The lowest BCUT2D eigenvalue weighted by Crippen LogP contribution is -2.28. The number of amides is 1. The summed E-state index contributed by atoms with van der Waals surface area (Å²) in [5, 5.41) is 0.353. The van der Waals surface area contributed by atoms with Crippen LogP contribution in [0.4, 0.5) is 5.69 Å². The van der Waals surface area contributed by atoms with Crippen molar-refractivity contribution in [2.75, 3.05) is 25.2 Å². The molecule has 3 aromatic rings. The summed E-state index contributed by atoms with van der Waals surface area (Å²) < 4.78 is 10.3. The Kier molecular flexibility index (Phi) is 7.27. The molecule has 0 saturated carbocycles. The number of anilines is 1. The minimum absolute atomic E-state index is 0.0295. The second-order valence-corrected chi connectivity index (χ2v) is 8.46. The number of carbonyl (C=O) groups is 4. The molecule has 8 heteroatoms. The normalized spacial score (nSPS) is 15.1. The summed E-state index contributed by atoms with van der Waals surface area (Å²) in [5.74, 6) is -1.89. The molecule has 0 radical (unpaired) electrons. The van der Waals surface area contributed by atoms with Crippen LogP contribution in [-0.2, 0) is 14.3 Å². The smallest absolute Gasteiger partial charge is 0.311 e. The van der Waals surface area contributed by atoms with Gasteiger partial charge in [-0.1, -0.05) is 54.1 Å². The minimum atomic E-state index is -0.768. The van der Waals surface area contributed by atoms with E-state index in [0.29, 0.717) is 27.6 Å². The molecule has 7 nitrogen and oxygen atoms in total. The molecular formula is C27H22ClNO6. The zero-order valence-corrected chi connectivity index (χ0v) is 19.7. The molecule has 1 aliphatic heterocycles. The van der Waals surface area contributed by atoms with Crippen LogP contribution in [0.15, 0.2) is 72.8 Å². The average molecular weight is 492 g/mol. The van der Waals surface area contributed by atoms with Crippen LogP contribution < -0.4 is 9.64 Å². The van der Waals surface area contributed by atoms with Crippen LogP contribution in [0.5, 0.6) is 5.75 Å². The minimum Gasteiger partial charge on any atom is -0.497 e. The molecule has 0 aliphatic carbocycles. The maximum absolute atomic E-state index is 13.1. The van der Waals surface area contributed by atoms with Crippen molar-refractivity contribution in [3.05, 3.63) is 94.5 Å². The van der Waals surface area contributed by atoms with Gasteiger partial charge < -0.3 is 14.4 Å². The van der Waals surface area contributed by atoms with E-state index >= 15 is 0 Å². The van der Waals surface area contributed by atoms with Crippen molar-refractivity contribution < 1.29 is 28.7 Å². The molecule has 1 amide bonds. The van der Waals surface area contributed by atoms with E-state index < -0.39 is 18.5 Å². The molecular weight excluding hydrogens is 470 g/mol. The molecule has 1 heterocycles. The molecule has 0 bridgehead atoms. The summed E-state index contributed by atoms with van der Waals surface area (Å²) in [6, 6.07) is 19.9. The SMILES string of the molecule is COc1cccc(C(=O)COC(=O)[C@@H]2CC(=O)N(c3ccc(Cl)cc3C(=O)c3ccccc3)C2)c1. The Bertz CT molecular complexity index is 1290. The fourth-order valence-corrected chi connectivity index (χ4v) is 4.08. The third-order valence-corrected chi connectivity index (χ3v) is 5.96. The highest BCUT2D eigenvalue weighted by atomic mass is 35.5. The Hall–Kier alpha value is -3.97. The number of rotatable bonds is 8. The predicted octanol–water partition coefficient (Wildman–Crippen LogP) is 4.36. The van der Waals surface area contributed by atoms with E-state index in [2.05, 4.69) is 0 Å². The van der Waals surface area contributed by atoms with Gasteiger partial charge in [0, 0.05) is 34.7 Å². The molecule has 35 heavy (non-hydrogen) atoms. The molecule has 0 spiro atoms. The molecule has 0 N–H and O–H groups in total. The van der Waals surface area contributed by atoms with Gasteiger partial charge in [-0.2, -0.15) is 0 Å². The van der Waals surface area contributed by atoms with Gasteiger partial charge in [0.05, 0.1) is 18.7 Å². The Balaban J connectivity index is 1.47. The van der Waals surface area contributed by atoms with Crippen LogP contribution in [0.2, 0.25) is 5.02 Å². The van der Waals surface area contributed by atoms with Crippen LogP contribution in [-0.4, -0.2) is 43.7 Å². The first-order valence-corrected chi connectivity index (χ1v) is 11.3. The van der Waals surface area contributed by atoms with Crippen molar-refractivity contribution in [1.29, 1.82) is 0 Å². The van der Waals surface area contributed by atoms with E-state index in [0.717, 1.165) is 0 Å². The summed E-state index contributed by atoms with van der Waals surface area (Å²) in [7, 11) is 1.49. The first kappa shape index (κ1) is 24.2. The number of esters is 1. The number of ketones is 2. The molecule has 1 fully saturated rings. The zero-order chi connectivity index (χ0) is 24.9. The lowest BCUT2D eigenvalue weighted by molar-refractivity contribution is -0.147. The third kappa shape index (κ3) is 5.41. The Morgan fingerprint density at radius 3 is 2.46 bits per heavy atom. The van der Waals surface area contributed by atoms with Crippen molar-refractivity contribution in [2.24, 2.45) is 5.92 Å². The molecule has 1 saturated heterocycles. The molecule has 3 aromatic carbocycles. The summed E-state index contributed by atoms with van der Waals surface area (Å²) in [5.41, 5.74) is 1.44. The van der Waals surface area contributed by atoms with Gasteiger partial charge in [0.2, 0.25) is 5.91 Å². The number of hydrogen-bond acceptors (Lipinski definition) is 6. The van der Waals surface area contributed by atoms with Crippen molar-refractivity contribution in [1.82, 2.24) is 0 Å². The van der Waals surface area contributed by atoms with Gasteiger partial charge in [0.15, 0.2) is 18.2 Å². The lowest BCUT2D eigenvalue weighted by Gasteiger charge is -2.20. The Morgan fingerprint density at radius 2 is 1.71 bits per heavy atom. The Morgan fingerprint density at radius 1 is 0.971 bits per heavy atom. The highest BCUT2D eigenvalue weighted by molar-refractivity contribution is 6.31. The number of hydrogen-bond donors (Lipinski definition) is 0. The molecule has 1 atom stereocenters. The van der Waals surface area contributed by atoms with Gasteiger partial charge in [-0.25, -0.2) is 0 Å². The quantitative estimate of drug-likeness (QED) is 0.343. The molecule has 1 aliphatic rings. The van der Waals surface area contributed by atoms with Crippen LogP contribution in [0.3, 0.4) is 0 Å². The largest absolute Gasteiger partial charge is 0.497 e. The number of nitrogens with zero attached hydrogens (tertiary/aromatic N) is 1. The summed E-state index contributed by atoms with van der Waals surface area (Å²) in [6.07, 6.45) is -0.0895. The van der Waals surface area contributed by atoms with E-state index in [1.807, 2.05) is 0 Å². The van der Waals surface area contributed by atoms with Gasteiger partial charge in [0.25, 0.3) is 0 Å². The second-order valence-electron chi connectivity index (χ2n) is 8.02. The number of benzene rings is 3. The summed E-state index contributed by atoms with van der Waals surface area (Å²) in [6.45, 7) is -0.420. The van der Waals surface area contributed by atoms with Gasteiger partial charge in [0.1, 0.15) is 5.75 Å². The number of ether oxygens (including phenoxy) is 2. The van der Waals surface area contributed by atoms with E-state index in [-0.39, 0.29) is 36.0 Å². The Labute approximate surface area is 207 Å². The molecule has 0 unspecified atom stereocenters. The van der Waals surface area contributed by atoms with E-state index in [1.54, 1.807) is 66.7 Å². The highest BCUT2D eigenvalue weighted by Gasteiger charge is 2.38. The first-order chi connectivity index (χ1) is 16.9. The van der Waals surface area contributed by atoms with Crippen LogP contribution >= 0.6 is 11.6 Å². The standard InChI is InChI=1S/C27H22ClNO6/c1-34-21-9-5-8-18(12-21)24(30)16-35-27(33)19-13-25(31)29(15-19)23-11-10-20(28)14-22(23)26(32)17-6-3-2-4-7-17/h2-12,14,19H,13,15-16H2,1H3/t19-/m1/s1.